The fourth-order valence-electron chi connectivity index (χ4n) is 3.80. The summed E-state index contributed by atoms with van der Waals surface area (Å²) < 4.78 is 1.32. The minimum Gasteiger partial charge on any atom is -1.00 e. The first-order valence-electron chi connectivity index (χ1n) is 6.29. The molecule has 2 aliphatic heterocycles. The predicted molar refractivity (Wildman–Crippen MR) is 58.0 cm³/mol. The van der Waals surface area contributed by atoms with Crippen molar-refractivity contribution in [2.24, 2.45) is 5.92 Å². The molecular weight excluding hydrogens is 301 g/mol. The van der Waals surface area contributed by atoms with E-state index in [1.54, 1.807) is 0 Å². The Bertz CT molecular complexity index is 196. The summed E-state index contributed by atoms with van der Waals surface area (Å²) in [6, 6.07) is 0.785. The van der Waals surface area contributed by atoms with Gasteiger partial charge in [0.05, 0.1) is 32.3 Å². The molecule has 2 fully saturated rings. The van der Waals surface area contributed by atoms with Gasteiger partial charge in [-0.15, -0.1) is 0 Å². The number of hydrogen-bond acceptors (Lipinski definition) is 1. The number of halogens is 1. The van der Waals surface area contributed by atoms with Gasteiger partial charge in [-0.3, -0.25) is 0 Å². The number of fused-ring (bicyclic) bond motifs is 1. The van der Waals surface area contributed by atoms with Gasteiger partial charge in [0.15, 0.2) is 0 Å². The Kier molecular flexibility index (Phi) is 5.32. The number of aliphatic hydroxyl groups excluding tert-OH is 1. The quantitative estimate of drug-likeness (QED) is 0.499. The van der Waals surface area contributed by atoms with Gasteiger partial charge in [0.1, 0.15) is 0 Å². The number of hydrogen-bond donors (Lipinski definition) is 1. The van der Waals surface area contributed by atoms with Crippen LogP contribution in [-0.2, 0) is 0 Å². The fraction of sp³-hybridized carbons (Fsp3) is 1.00. The van der Waals surface area contributed by atoms with Gasteiger partial charge in [-0.25, -0.2) is 0 Å². The third-order valence-electron chi connectivity index (χ3n) is 4.64. The van der Waals surface area contributed by atoms with Crippen LogP contribution in [0.2, 0.25) is 0 Å². The van der Waals surface area contributed by atoms with Gasteiger partial charge >= 0.3 is 0 Å². The molecule has 0 aromatic carbocycles. The summed E-state index contributed by atoms with van der Waals surface area (Å²) in [5.74, 6) is 0.601. The van der Waals surface area contributed by atoms with E-state index in [9.17, 15) is 5.11 Å². The molecule has 0 saturated carbocycles. The highest BCUT2D eigenvalue weighted by Crippen LogP contribution is 2.36. The summed E-state index contributed by atoms with van der Waals surface area (Å²) >= 11 is 0. The molecule has 0 bridgehead atoms. The Hall–Kier alpha value is 0.650. The Balaban J connectivity index is 0.00000112. The molecule has 0 radical (unpaired) electrons. The molecule has 2 nitrogen and oxygen atoms in total. The van der Waals surface area contributed by atoms with Crippen molar-refractivity contribution >= 4 is 0 Å². The van der Waals surface area contributed by atoms with Crippen molar-refractivity contribution in [2.75, 3.05) is 26.2 Å². The normalized spacial score (nSPS) is 40.4. The van der Waals surface area contributed by atoms with E-state index in [4.69, 9.17) is 0 Å². The molecule has 3 heteroatoms. The van der Waals surface area contributed by atoms with Crippen LogP contribution in [0.5, 0.6) is 0 Å². The van der Waals surface area contributed by atoms with Gasteiger partial charge in [0.25, 0.3) is 0 Å². The van der Waals surface area contributed by atoms with Crippen LogP contribution in [0.1, 0.15) is 39.0 Å². The van der Waals surface area contributed by atoms with Crippen LogP contribution in [0.4, 0.5) is 0 Å². The molecular formula is C12H24INO. The van der Waals surface area contributed by atoms with Crippen molar-refractivity contribution in [3.8, 4) is 0 Å². The molecule has 0 amide bonds. The molecule has 1 N–H and O–H groups in total. The maximum Gasteiger partial charge on any atom is 0.0941 e. The van der Waals surface area contributed by atoms with Crippen molar-refractivity contribution in [1.29, 1.82) is 0 Å². The molecule has 0 aromatic rings. The largest absolute Gasteiger partial charge is 1.00 e. The minimum atomic E-state index is 0. The van der Waals surface area contributed by atoms with Crippen LogP contribution in [0.15, 0.2) is 0 Å². The Morgan fingerprint density at radius 2 is 1.87 bits per heavy atom. The van der Waals surface area contributed by atoms with Gasteiger partial charge < -0.3 is 33.6 Å². The topological polar surface area (TPSA) is 20.2 Å². The standard InChI is InChI=1S/C12H24NO.HI/c1-2-13-8-4-3-7-12(13)11(10-14)6-5-9-13;/h11-12,14H,2-10H2,1H3;1H/q+1;/p-1/t11-,12?,13?;/m0./s1. The third-order valence-corrected chi connectivity index (χ3v) is 4.64. The summed E-state index contributed by atoms with van der Waals surface area (Å²) in [6.07, 6.45) is 6.75. The molecule has 0 aromatic heterocycles. The average Bonchev–Trinajstić information content (AvgIpc) is 2.28. The lowest BCUT2D eigenvalue weighted by atomic mass is 9.81. The lowest BCUT2D eigenvalue weighted by molar-refractivity contribution is -0.963. The molecule has 2 unspecified atom stereocenters. The number of nitrogens with zero attached hydrogens (tertiary/aromatic N) is 1. The van der Waals surface area contributed by atoms with Gasteiger partial charge in [0.2, 0.25) is 0 Å². The predicted octanol–water partition coefficient (Wildman–Crippen LogP) is -1.22. The van der Waals surface area contributed by atoms with E-state index >= 15 is 0 Å². The Morgan fingerprint density at radius 1 is 1.13 bits per heavy atom. The van der Waals surface area contributed by atoms with E-state index in [2.05, 4.69) is 6.92 Å². The van der Waals surface area contributed by atoms with E-state index in [0.29, 0.717) is 12.5 Å². The molecule has 2 aliphatic rings. The van der Waals surface area contributed by atoms with Crippen molar-refractivity contribution in [3.63, 3.8) is 0 Å². The van der Waals surface area contributed by atoms with Crippen LogP contribution in [-0.4, -0.2) is 41.9 Å². The second-order valence-electron chi connectivity index (χ2n) is 5.13. The zero-order valence-corrected chi connectivity index (χ0v) is 11.9. The molecule has 2 heterocycles. The fourth-order valence-corrected chi connectivity index (χ4v) is 3.80. The highest BCUT2D eigenvalue weighted by atomic mass is 127. The van der Waals surface area contributed by atoms with E-state index in [-0.39, 0.29) is 24.0 Å². The average molecular weight is 325 g/mol. The SMILES string of the molecule is CC[N+]12CCCCC1[C@H](CO)CCC2.[I-]. The van der Waals surface area contributed by atoms with Crippen LogP contribution in [0.3, 0.4) is 0 Å². The van der Waals surface area contributed by atoms with Gasteiger partial charge in [0, 0.05) is 12.3 Å². The van der Waals surface area contributed by atoms with E-state index in [1.165, 1.54) is 56.2 Å². The smallest absolute Gasteiger partial charge is 0.0941 e. The van der Waals surface area contributed by atoms with E-state index in [0.717, 1.165) is 6.04 Å². The van der Waals surface area contributed by atoms with Crippen LogP contribution in [0, 0.1) is 5.92 Å². The van der Waals surface area contributed by atoms with Crippen LogP contribution in [0.25, 0.3) is 0 Å². The zero-order chi connectivity index (χ0) is 10.0. The molecule has 0 aliphatic carbocycles. The Labute approximate surface area is 111 Å². The van der Waals surface area contributed by atoms with Crippen molar-refractivity contribution < 1.29 is 33.6 Å². The van der Waals surface area contributed by atoms with Crippen molar-refractivity contribution in [1.82, 2.24) is 0 Å². The first-order chi connectivity index (χ1) is 6.82. The minimum absolute atomic E-state index is 0. The molecule has 90 valence electrons. The van der Waals surface area contributed by atoms with Crippen LogP contribution >= 0.6 is 0 Å². The molecule has 0 spiro atoms. The molecule has 3 atom stereocenters. The number of quaternary nitrogens is 1. The summed E-state index contributed by atoms with van der Waals surface area (Å²) in [4.78, 5) is 0. The third kappa shape index (κ3) is 2.50. The van der Waals surface area contributed by atoms with Gasteiger partial charge in [-0.1, -0.05) is 0 Å². The summed E-state index contributed by atoms with van der Waals surface area (Å²) in [7, 11) is 0. The highest BCUT2D eigenvalue weighted by Gasteiger charge is 2.44. The summed E-state index contributed by atoms with van der Waals surface area (Å²) in [6.45, 7) is 6.78. The highest BCUT2D eigenvalue weighted by molar-refractivity contribution is 4.78. The number of aliphatic hydroxyl groups is 1. The molecule has 2 rings (SSSR count). The maximum atomic E-state index is 9.43. The lowest BCUT2D eigenvalue weighted by Gasteiger charge is -2.53. The molecule has 15 heavy (non-hydrogen) atoms. The monoisotopic (exact) mass is 325 g/mol. The second kappa shape index (κ2) is 5.82. The van der Waals surface area contributed by atoms with Gasteiger partial charge in [-0.05, 0) is 32.6 Å². The Morgan fingerprint density at radius 3 is 2.53 bits per heavy atom. The van der Waals surface area contributed by atoms with Crippen molar-refractivity contribution in [3.05, 3.63) is 0 Å². The van der Waals surface area contributed by atoms with E-state index in [1.807, 2.05) is 0 Å². The summed E-state index contributed by atoms with van der Waals surface area (Å²) in [5, 5.41) is 9.43. The van der Waals surface area contributed by atoms with Crippen LogP contribution < -0.4 is 24.0 Å². The number of piperidine rings is 2. The number of rotatable bonds is 2. The van der Waals surface area contributed by atoms with Gasteiger partial charge in [-0.2, -0.15) is 0 Å². The lowest BCUT2D eigenvalue weighted by Crippen LogP contribution is -3.00. The van der Waals surface area contributed by atoms with Crippen molar-refractivity contribution in [2.45, 2.75) is 45.1 Å². The molecule has 2 saturated heterocycles. The van der Waals surface area contributed by atoms with E-state index < -0.39 is 0 Å². The maximum absolute atomic E-state index is 9.43. The first-order valence-corrected chi connectivity index (χ1v) is 6.29. The zero-order valence-electron chi connectivity index (χ0n) is 9.79. The second-order valence-corrected chi connectivity index (χ2v) is 5.13. The first kappa shape index (κ1) is 13.7. The summed E-state index contributed by atoms with van der Waals surface area (Å²) in [5.41, 5.74) is 0.